The topological polar surface area (TPSA) is 86.3 Å². The summed E-state index contributed by atoms with van der Waals surface area (Å²) in [5.74, 6) is -0.274. The maximum absolute atomic E-state index is 13.9. The van der Waals surface area contributed by atoms with Crippen LogP contribution in [0.3, 0.4) is 0 Å². The molecule has 0 saturated heterocycles. The first-order valence-corrected chi connectivity index (χ1v) is 9.35. The predicted octanol–water partition coefficient (Wildman–Crippen LogP) is 3.07. The van der Waals surface area contributed by atoms with Gasteiger partial charge in [0.05, 0.1) is 13.1 Å². The monoisotopic (exact) mass is 407 g/mol. The van der Waals surface area contributed by atoms with Gasteiger partial charge < -0.3 is 20.4 Å². The summed E-state index contributed by atoms with van der Waals surface area (Å²) in [6, 6.07) is 14.6. The van der Waals surface area contributed by atoms with E-state index in [4.69, 9.17) is 10.5 Å². The van der Waals surface area contributed by atoms with Crippen molar-refractivity contribution < 1.29 is 13.9 Å². The Morgan fingerprint density at radius 2 is 1.97 bits per heavy atom. The van der Waals surface area contributed by atoms with Crippen LogP contribution in [0.1, 0.15) is 21.5 Å². The summed E-state index contributed by atoms with van der Waals surface area (Å²) in [4.78, 5) is 25.1. The number of nitrogens with one attached hydrogen (secondary N) is 1. The van der Waals surface area contributed by atoms with Crippen LogP contribution < -0.4 is 21.3 Å². The molecule has 0 fully saturated rings. The Bertz CT molecular complexity index is 1110. The van der Waals surface area contributed by atoms with Crippen LogP contribution in [0.15, 0.2) is 72.2 Å². The SMILES string of the molecule is C=Cc1ccc(Cn2cccc(C(=O)NCCOc3ccc(N)cc3)c2=O)cc1F. The molecule has 7 heteroatoms. The summed E-state index contributed by atoms with van der Waals surface area (Å²) in [5, 5.41) is 2.66. The largest absolute Gasteiger partial charge is 0.492 e. The molecule has 2 aromatic carbocycles. The van der Waals surface area contributed by atoms with Crippen LogP contribution in [-0.2, 0) is 6.54 Å². The van der Waals surface area contributed by atoms with Gasteiger partial charge in [-0.1, -0.05) is 24.8 Å². The molecule has 0 aliphatic rings. The number of carbonyl (C=O) groups excluding carboxylic acids is 1. The van der Waals surface area contributed by atoms with Crippen LogP contribution in [0, 0.1) is 5.82 Å². The number of benzene rings is 2. The Hall–Kier alpha value is -3.87. The van der Waals surface area contributed by atoms with Gasteiger partial charge in [0.2, 0.25) is 0 Å². The summed E-state index contributed by atoms with van der Waals surface area (Å²) in [6.45, 7) is 4.17. The van der Waals surface area contributed by atoms with Gasteiger partial charge in [-0.25, -0.2) is 4.39 Å². The maximum Gasteiger partial charge on any atom is 0.263 e. The number of nitrogens with two attached hydrogens (primary N) is 1. The van der Waals surface area contributed by atoms with Gasteiger partial charge in [0.1, 0.15) is 23.7 Å². The number of hydrogen-bond acceptors (Lipinski definition) is 4. The number of pyridine rings is 1. The number of carbonyl (C=O) groups is 1. The Labute approximate surface area is 173 Å². The minimum Gasteiger partial charge on any atom is -0.492 e. The fourth-order valence-corrected chi connectivity index (χ4v) is 2.86. The molecular formula is C23H22FN3O3. The quantitative estimate of drug-likeness (QED) is 0.444. The van der Waals surface area contributed by atoms with Crippen molar-refractivity contribution in [3.05, 3.63) is 100 Å². The highest BCUT2D eigenvalue weighted by Crippen LogP contribution is 2.13. The molecule has 3 aromatic rings. The summed E-state index contributed by atoms with van der Waals surface area (Å²) in [5.41, 5.74) is 6.80. The van der Waals surface area contributed by atoms with Crippen LogP contribution in [0.2, 0.25) is 0 Å². The second kappa shape index (κ2) is 9.56. The first kappa shape index (κ1) is 20.9. The van der Waals surface area contributed by atoms with Crippen LogP contribution in [0.5, 0.6) is 5.75 Å². The number of amides is 1. The first-order valence-electron chi connectivity index (χ1n) is 9.35. The van der Waals surface area contributed by atoms with E-state index in [9.17, 15) is 14.0 Å². The summed E-state index contributed by atoms with van der Waals surface area (Å²) >= 11 is 0. The smallest absolute Gasteiger partial charge is 0.263 e. The van der Waals surface area contributed by atoms with Crippen molar-refractivity contribution in [2.75, 3.05) is 18.9 Å². The molecule has 1 amide bonds. The van der Waals surface area contributed by atoms with E-state index < -0.39 is 17.3 Å². The molecule has 0 atom stereocenters. The molecule has 3 N–H and O–H groups in total. The number of ether oxygens (including phenoxy) is 1. The Kier molecular flexibility index (Phi) is 6.64. The van der Waals surface area contributed by atoms with Crippen molar-refractivity contribution in [3.8, 4) is 5.75 Å². The Balaban J connectivity index is 1.61. The number of aromatic nitrogens is 1. The fourth-order valence-electron chi connectivity index (χ4n) is 2.86. The molecule has 0 radical (unpaired) electrons. The van der Waals surface area contributed by atoms with Gasteiger partial charge in [0.25, 0.3) is 11.5 Å². The van der Waals surface area contributed by atoms with Crippen LogP contribution in [-0.4, -0.2) is 23.6 Å². The molecule has 0 aliphatic carbocycles. The van der Waals surface area contributed by atoms with E-state index in [-0.39, 0.29) is 25.3 Å². The summed E-state index contributed by atoms with van der Waals surface area (Å²) in [6.07, 6.45) is 2.98. The maximum atomic E-state index is 13.9. The van der Waals surface area contributed by atoms with E-state index >= 15 is 0 Å². The third kappa shape index (κ3) is 5.14. The lowest BCUT2D eigenvalue weighted by Crippen LogP contribution is -2.34. The molecule has 0 aliphatic heterocycles. The molecule has 154 valence electrons. The van der Waals surface area contributed by atoms with Crippen LogP contribution >= 0.6 is 0 Å². The van der Waals surface area contributed by atoms with Crippen molar-refractivity contribution in [3.63, 3.8) is 0 Å². The Morgan fingerprint density at radius 1 is 1.20 bits per heavy atom. The van der Waals surface area contributed by atoms with Gasteiger partial charge in [-0.2, -0.15) is 0 Å². The number of anilines is 1. The van der Waals surface area contributed by atoms with E-state index in [1.807, 2.05) is 0 Å². The van der Waals surface area contributed by atoms with E-state index in [0.717, 1.165) is 0 Å². The number of hydrogen-bond donors (Lipinski definition) is 2. The minimum atomic E-state index is -0.497. The van der Waals surface area contributed by atoms with Gasteiger partial charge in [-0.15, -0.1) is 0 Å². The van der Waals surface area contributed by atoms with Crippen molar-refractivity contribution >= 4 is 17.7 Å². The van der Waals surface area contributed by atoms with Gasteiger partial charge in [0.15, 0.2) is 0 Å². The highest BCUT2D eigenvalue weighted by Gasteiger charge is 2.12. The molecular weight excluding hydrogens is 385 g/mol. The lowest BCUT2D eigenvalue weighted by atomic mass is 10.1. The first-order chi connectivity index (χ1) is 14.5. The molecule has 0 bridgehead atoms. The lowest BCUT2D eigenvalue weighted by Gasteiger charge is -2.10. The average molecular weight is 407 g/mol. The third-order valence-corrected chi connectivity index (χ3v) is 4.44. The predicted molar refractivity (Wildman–Crippen MR) is 115 cm³/mol. The second-order valence-electron chi connectivity index (χ2n) is 6.59. The standard InChI is InChI=1S/C23H22FN3O3/c1-2-17-6-5-16(14-21(17)24)15-27-12-3-4-20(23(27)29)22(28)26-11-13-30-19-9-7-18(25)8-10-19/h2-10,12,14H,1,11,13,15,25H2,(H,26,28). The zero-order valence-electron chi connectivity index (χ0n) is 16.3. The molecule has 0 unspecified atom stereocenters. The van der Waals surface area contributed by atoms with Crippen LogP contribution in [0.25, 0.3) is 6.08 Å². The van der Waals surface area contributed by atoms with Gasteiger partial charge in [0, 0.05) is 17.4 Å². The number of nitrogen functional groups attached to an aromatic ring is 1. The van der Waals surface area contributed by atoms with E-state index in [1.165, 1.54) is 22.8 Å². The van der Waals surface area contributed by atoms with Gasteiger partial charge in [-0.05, 0) is 48.0 Å². The molecule has 1 heterocycles. The normalized spacial score (nSPS) is 10.4. The number of nitrogens with zero attached hydrogens (tertiary/aromatic N) is 1. The van der Waals surface area contributed by atoms with Gasteiger partial charge in [-0.3, -0.25) is 9.59 Å². The number of halogens is 1. The lowest BCUT2D eigenvalue weighted by molar-refractivity contribution is 0.0945. The van der Waals surface area contributed by atoms with Crippen molar-refractivity contribution in [2.24, 2.45) is 0 Å². The van der Waals surface area contributed by atoms with Crippen molar-refractivity contribution in [1.82, 2.24) is 9.88 Å². The zero-order valence-corrected chi connectivity index (χ0v) is 16.3. The molecule has 1 aromatic heterocycles. The average Bonchev–Trinajstić information content (AvgIpc) is 2.74. The van der Waals surface area contributed by atoms with E-state index in [0.29, 0.717) is 22.6 Å². The van der Waals surface area contributed by atoms with E-state index in [1.54, 1.807) is 48.7 Å². The Morgan fingerprint density at radius 3 is 2.67 bits per heavy atom. The molecule has 6 nitrogen and oxygen atoms in total. The van der Waals surface area contributed by atoms with Gasteiger partial charge >= 0.3 is 0 Å². The third-order valence-electron chi connectivity index (χ3n) is 4.44. The molecule has 0 saturated carbocycles. The highest BCUT2D eigenvalue weighted by atomic mass is 19.1. The second-order valence-corrected chi connectivity index (χ2v) is 6.59. The van der Waals surface area contributed by atoms with E-state index in [2.05, 4.69) is 11.9 Å². The highest BCUT2D eigenvalue weighted by molar-refractivity contribution is 5.93. The zero-order chi connectivity index (χ0) is 21.5. The number of rotatable bonds is 8. The molecule has 0 spiro atoms. The van der Waals surface area contributed by atoms with Crippen molar-refractivity contribution in [2.45, 2.75) is 6.54 Å². The minimum absolute atomic E-state index is 0.00756. The fraction of sp³-hybridized carbons (Fsp3) is 0.130. The summed E-state index contributed by atoms with van der Waals surface area (Å²) in [7, 11) is 0. The van der Waals surface area contributed by atoms with Crippen LogP contribution in [0.4, 0.5) is 10.1 Å². The molecule has 30 heavy (non-hydrogen) atoms. The van der Waals surface area contributed by atoms with Crippen molar-refractivity contribution in [1.29, 1.82) is 0 Å². The summed E-state index contributed by atoms with van der Waals surface area (Å²) < 4.78 is 20.8. The molecule has 3 rings (SSSR count).